The highest BCUT2D eigenvalue weighted by atomic mass is 32.1. The van der Waals surface area contributed by atoms with Crippen LogP contribution >= 0.6 is 12.2 Å². The van der Waals surface area contributed by atoms with Gasteiger partial charge in [0.2, 0.25) is 4.77 Å². The largest absolute Gasteiger partial charge is 0.507 e. The number of aromatic nitrogens is 3. The first kappa shape index (κ1) is 16.9. The maximum absolute atomic E-state index is 9.81. The second kappa shape index (κ2) is 7.31. The fourth-order valence-electron chi connectivity index (χ4n) is 2.36. The van der Waals surface area contributed by atoms with E-state index in [1.165, 1.54) is 16.5 Å². The molecule has 0 saturated heterocycles. The van der Waals surface area contributed by atoms with E-state index in [2.05, 4.69) is 21.4 Å². The summed E-state index contributed by atoms with van der Waals surface area (Å²) >= 11 is 5.21. The Balaban J connectivity index is 1.80. The quantitative estimate of drug-likeness (QED) is 0.541. The number of para-hydroxylation sites is 1. The molecule has 0 bridgehead atoms. The lowest BCUT2D eigenvalue weighted by Crippen LogP contribution is -2.05. The SMILES string of the molecule is Cc1ccc(OCc2n[nH]c(=S)n2/N=C/c2ccccc2O)c(C)c1. The number of phenolic OH excluding ortho intramolecular Hbond substituents is 1. The van der Waals surface area contributed by atoms with Crippen LogP contribution in [0.5, 0.6) is 11.5 Å². The van der Waals surface area contributed by atoms with Crippen LogP contribution in [0.25, 0.3) is 0 Å². The first-order valence-electron chi connectivity index (χ1n) is 7.73. The van der Waals surface area contributed by atoms with Crippen molar-refractivity contribution in [1.29, 1.82) is 0 Å². The van der Waals surface area contributed by atoms with E-state index >= 15 is 0 Å². The van der Waals surface area contributed by atoms with Crippen molar-refractivity contribution in [2.24, 2.45) is 5.10 Å². The van der Waals surface area contributed by atoms with Crippen LogP contribution in [-0.2, 0) is 6.61 Å². The molecule has 0 saturated carbocycles. The van der Waals surface area contributed by atoms with Crippen LogP contribution in [0.2, 0.25) is 0 Å². The Bertz CT molecular complexity index is 975. The van der Waals surface area contributed by atoms with E-state index in [1.54, 1.807) is 18.2 Å². The molecule has 0 aliphatic rings. The van der Waals surface area contributed by atoms with Gasteiger partial charge in [-0.3, -0.25) is 0 Å². The molecule has 25 heavy (non-hydrogen) atoms. The number of hydrogen-bond acceptors (Lipinski definition) is 5. The van der Waals surface area contributed by atoms with Crippen molar-refractivity contribution in [3.8, 4) is 11.5 Å². The number of H-pyrrole nitrogens is 1. The summed E-state index contributed by atoms with van der Waals surface area (Å²) < 4.78 is 7.66. The molecule has 7 heteroatoms. The van der Waals surface area contributed by atoms with Crippen LogP contribution in [-0.4, -0.2) is 26.2 Å². The topological polar surface area (TPSA) is 75.4 Å². The summed E-state index contributed by atoms with van der Waals surface area (Å²) in [6, 6.07) is 12.9. The molecule has 3 aromatic rings. The molecule has 2 N–H and O–H groups in total. The fourth-order valence-corrected chi connectivity index (χ4v) is 2.56. The Morgan fingerprint density at radius 1 is 1.28 bits per heavy atom. The van der Waals surface area contributed by atoms with Crippen molar-refractivity contribution in [3.63, 3.8) is 0 Å². The summed E-state index contributed by atoms with van der Waals surface area (Å²) in [6.07, 6.45) is 1.53. The van der Waals surface area contributed by atoms with Crippen LogP contribution in [0, 0.1) is 18.6 Å². The Hall–Kier alpha value is -2.93. The Kier molecular flexibility index (Phi) is 4.95. The molecule has 0 unspecified atom stereocenters. The summed E-state index contributed by atoms with van der Waals surface area (Å²) in [6.45, 7) is 4.25. The van der Waals surface area contributed by atoms with Gasteiger partial charge in [0.1, 0.15) is 18.1 Å². The molecule has 0 aliphatic carbocycles. The number of aromatic amines is 1. The van der Waals surface area contributed by atoms with E-state index in [-0.39, 0.29) is 12.4 Å². The van der Waals surface area contributed by atoms with Gasteiger partial charge < -0.3 is 9.84 Å². The van der Waals surface area contributed by atoms with E-state index in [0.29, 0.717) is 16.2 Å². The van der Waals surface area contributed by atoms with Crippen LogP contribution < -0.4 is 4.74 Å². The van der Waals surface area contributed by atoms with Gasteiger partial charge in [-0.25, -0.2) is 5.10 Å². The highest BCUT2D eigenvalue weighted by Gasteiger charge is 2.08. The van der Waals surface area contributed by atoms with Crippen molar-refractivity contribution < 1.29 is 9.84 Å². The van der Waals surface area contributed by atoms with Crippen LogP contribution in [0.1, 0.15) is 22.5 Å². The zero-order valence-electron chi connectivity index (χ0n) is 13.9. The van der Waals surface area contributed by atoms with E-state index < -0.39 is 0 Å². The average molecular weight is 354 g/mol. The summed E-state index contributed by atoms with van der Waals surface area (Å²) in [5, 5.41) is 21.0. The lowest BCUT2D eigenvalue weighted by atomic mass is 10.1. The number of ether oxygens (including phenoxy) is 1. The monoisotopic (exact) mass is 354 g/mol. The van der Waals surface area contributed by atoms with Gasteiger partial charge >= 0.3 is 0 Å². The number of aryl methyl sites for hydroxylation is 2. The van der Waals surface area contributed by atoms with Gasteiger partial charge in [-0.2, -0.15) is 14.9 Å². The van der Waals surface area contributed by atoms with Crippen molar-refractivity contribution in [3.05, 3.63) is 69.8 Å². The van der Waals surface area contributed by atoms with Gasteiger partial charge in [0.15, 0.2) is 5.82 Å². The standard InChI is InChI=1S/C18H18N4O2S/c1-12-7-8-16(13(2)9-12)24-11-17-20-21-18(25)22(17)19-10-14-5-3-4-6-15(14)23/h3-10,23H,11H2,1-2H3,(H,21,25)/b19-10+. The maximum Gasteiger partial charge on any atom is 0.216 e. The summed E-state index contributed by atoms with van der Waals surface area (Å²) in [5.74, 6) is 1.47. The zero-order chi connectivity index (χ0) is 17.8. The Morgan fingerprint density at radius 3 is 2.84 bits per heavy atom. The molecule has 0 radical (unpaired) electrons. The normalized spacial score (nSPS) is 11.1. The predicted molar refractivity (Wildman–Crippen MR) is 98.8 cm³/mol. The molecule has 0 spiro atoms. The minimum Gasteiger partial charge on any atom is -0.507 e. The molecule has 0 atom stereocenters. The maximum atomic E-state index is 9.81. The van der Waals surface area contributed by atoms with Gasteiger partial charge in [-0.05, 0) is 49.8 Å². The number of hydrogen-bond donors (Lipinski definition) is 2. The van der Waals surface area contributed by atoms with Gasteiger partial charge in [-0.15, -0.1) is 0 Å². The van der Waals surface area contributed by atoms with Gasteiger partial charge in [0.25, 0.3) is 0 Å². The number of aromatic hydroxyl groups is 1. The van der Waals surface area contributed by atoms with Crippen molar-refractivity contribution in [2.75, 3.05) is 0 Å². The zero-order valence-corrected chi connectivity index (χ0v) is 14.7. The lowest BCUT2D eigenvalue weighted by molar-refractivity contribution is 0.288. The van der Waals surface area contributed by atoms with E-state index in [9.17, 15) is 5.11 Å². The van der Waals surface area contributed by atoms with Gasteiger partial charge in [-0.1, -0.05) is 29.8 Å². The molecular weight excluding hydrogens is 336 g/mol. The third-order valence-electron chi connectivity index (χ3n) is 3.65. The van der Waals surface area contributed by atoms with Crippen molar-refractivity contribution in [1.82, 2.24) is 14.9 Å². The Labute approximate surface area is 150 Å². The smallest absolute Gasteiger partial charge is 0.216 e. The predicted octanol–water partition coefficient (Wildman–Crippen LogP) is 3.72. The van der Waals surface area contributed by atoms with E-state index in [4.69, 9.17) is 17.0 Å². The third-order valence-corrected chi connectivity index (χ3v) is 3.92. The minimum absolute atomic E-state index is 0.148. The second-order valence-corrected chi connectivity index (χ2v) is 6.00. The van der Waals surface area contributed by atoms with Crippen LogP contribution in [0.3, 0.4) is 0 Å². The number of rotatable bonds is 5. The molecule has 128 valence electrons. The first-order chi connectivity index (χ1) is 12.0. The molecule has 6 nitrogen and oxygen atoms in total. The number of nitrogens with zero attached hydrogens (tertiary/aromatic N) is 3. The summed E-state index contributed by atoms with van der Waals surface area (Å²) in [5.41, 5.74) is 2.82. The van der Waals surface area contributed by atoms with E-state index in [0.717, 1.165) is 11.3 Å². The summed E-state index contributed by atoms with van der Waals surface area (Å²) in [7, 11) is 0. The minimum atomic E-state index is 0.148. The molecule has 1 heterocycles. The third kappa shape index (κ3) is 3.95. The van der Waals surface area contributed by atoms with Crippen molar-refractivity contribution in [2.45, 2.75) is 20.5 Å². The number of nitrogens with one attached hydrogen (secondary N) is 1. The van der Waals surface area contributed by atoms with Gasteiger partial charge in [0.05, 0.1) is 6.21 Å². The lowest BCUT2D eigenvalue weighted by Gasteiger charge is -2.09. The average Bonchev–Trinajstić information content (AvgIpc) is 2.93. The molecule has 1 aromatic heterocycles. The fraction of sp³-hybridized carbons (Fsp3) is 0.167. The van der Waals surface area contributed by atoms with Crippen molar-refractivity contribution >= 4 is 18.4 Å². The van der Waals surface area contributed by atoms with Gasteiger partial charge in [0, 0.05) is 5.56 Å². The van der Waals surface area contributed by atoms with Crippen LogP contribution in [0.4, 0.5) is 0 Å². The first-order valence-corrected chi connectivity index (χ1v) is 8.14. The molecule has 0 aliphatic heterocycles. The van der Waals surface area contributed by atoms with E-state index in [1.807, 2.05) is 32.0 Å². The van der Waals surface area contributed by atoms with Crippen LogP contribution in [0.15, 0.2) is 47.6 Å². The summed E-state index contributed by atoms with van der Waals surface area (Å²) in [4.78, 5) is 0. The molecule has 3 rings (SSSR count). The second-order valence-electron chi connectivity index (χ2n) is 5.62. The molecule has 2 aromatic carbocycles. The molecule has 0 fully saturated rings. The number of benzene rings is 2. The highest BCUT2D eigenvalue weighted by Crippen LogP contribution is 2.20. The molecule has 0 amide bonds. The molecular formula is C18H18N4O2S. The highest BCUT2D eigenvalue weighted by molar-refractivity contribution is 7.71. The Morgan fingerprint density at radius 2 is 2.08 bits per heavy atom. The number of phenols is 1.